The number of nitrogens with one attached hydrogen (secondary N) is 3. The lowest BCUT2D eigenvalue weighted by Crippen LogP contribution is -2.41. The van der Waals surface area contributed by atoms with E-state index in [1.807, 2.05) is 0 Å². The quantitative estimate of drug-likeness (QED) is 0.537. The van der Waals surface area contributed by atoms with E-state index in [1.165, 1.54) is 30.1 Å². The summed E-state index contributed by atoms with van der Waals surface area (Å²) in [6, 6.07) is -0.525. The fourth-order valence-corrected chi connectivity index (χ4v) is 2.87. The largest absolute Gasteiger partial charge is 0.357 e. The van der Waals surface area contributed by atoms with Crippen LogP contribution in [0.2, 0.25) is 0 Å². The lowest BCUT2D eigenvalue weighted by atomic mass is 10.4. The molecule has 7 nitrogen and oxygen atoms in total. The van der Waals surface area contributed by atoms with Crippen LogP contribution >= 0.6 is 23.1 Å². The second-order valence-electron chi connectivity index (χ2n) is 3.37. The van der Waals surface area contributed by atoms with Gasteiger partial charge in [-0.1, -0.05) is 29.2 Å². The van der Waals surface area contributed by atoms with E-state index in [0.717, 1.165) is 0 Å². The molecule has 0 fully saturated rings. The summed E-state index contributed by atoms with van der Waals surface area (Å²) in [4.78, 5) is 22.6. The van der Waals surface area contributed by atoms with Crippen LogP contribution in [-0.2, 0) is 4.79 Å². The molecule has 1 aromatic rings. The number of carbonyl (C=O) groups is 2. The van der Waals surface area contributed by atoms with E-state index in [-0.39, 0.29) is 5.91 Å². The predicted octanol–water partition coefficient (Wildman–Crippen LogP) is 1.07. The topological polar surface area (TPSA) is 96.0 Å². The Hall–Kier alpha value is -1.61. The number of carbonyl (C=O) groups excluding carboxylic acids is 2. The molecule has 104 valence electrons. The number of anilines is 1. The molecule has 0 saturated carbocycles. The third kappa shape index (κ3) is 5.26. The van der Waals surface area contributed by atoms with E-state index in [9.17, 15) is 9.59 Å². The Morgan fingerprint density at radius 2 is 2.26 bits per heavy atom. The highest BCUT2D eigenvalue weighted by Crippen LogP contribution is 2.28. The Balaban J connectivity index is 2.49. The standard InChI is InChI=1S/C10H15N5O2S2/c1-4-5-12-9-14-15-10(19-9)18-6(2)7(16)13-8(17)11-3/h4,6H,1,5H2,2-3H3,(H,12,14)(H2,11,13,16,17)/t6-/m1/s1. The van der Waals surface area contributed by atoms with Crippen molar-refractivity contribution in [1.29, 1.82) is 0 Å². The minimum atomic E-state index is -0.525. The predicted molar refractivity (Wildman–Crippen MR) is 76.5 cm³/mol. The zero-order chi connectivity index (χ0) is 14.3. The fraction of sp³-hybridized carbons (Fsp3) is 0.400. The van der Waals surface area contributed by atoms with Crippen molar-refractivity contribution in [2.75, 3.05) is 18.9 Å². The molecule has 1 heterocycles. The number of aromatic nitrogens is 2. The van der Waals surface area contributed by atoms with Gasteiger partial charge in [-0.2, -0.15) is 0 Å². The van der Waals surface area contributed by atoms with Gasteiger partial charge in [-0.05, 0) is 6.92 Å². The van der Waals surface area contributed by atoms with Crippen LogP contribution in [0.25, 0.3) is 0 Å². The molecule has 3 amide bonds. The van der Waals surface area contributed by atoms with Gasteiger partial charge in [0.1, 0.15) is 0 Å². The highest BCUT2D eigenvalue weighted by molar-refractivity contribution is 8.02. The first-order valence-electron chi connectivity index (χ1n) is 5.44. The third-order valence-electron chi connectivity index (χ3n) is 1.91. The number of amides is 3. The molecule has 9 heteroatoms. The van der Waals surface area contributed by atoms with Crippen molar-refractivity contribution in [2.24, 2.45) is 0 Å². The molecule has 0 radical (unpaired) electrons. The SMILES string of the molecule is C=CCNc1nnc(S[C@H](C)C(=O)NC(=O)NC)s1. The average molecular weight is 301 g/mol. The van der Waals surface area contributed by atoms with Gasteiger partial charge in [-0.25, -0.2) is 4.79 Å². The van der Waals surface area contributed by atoms with E-state index in [0.29, 0.717) is 16.0 Å². The Kier molecular flexibility index (Phi) is 6.30. The van der Waals surface area contributed by atoms with Gasteiger partial charge < -0.3 is 10.6 Å². The lowest BCUT2D eigenvalue weighted by molar-refractivity contribution is -0.119. The van der Waals surface area contributed by atoms with Crippen molar-refractivity contribution >= 4 is 40.2 Å². The Morgan fingerprint density at radius 1 is 1.53 bits per heavy atom. The molecule has 0 unspecified atom stereocenters. The normalized spacial score (nSPS) is 11.5. The lowest BCUT2D eigenvalue weighted by Gasteiger charge is -2.08. The molecule has 19 heavy (non-hydrogen) atoms. The number of rotatable bonds is 6. The third-order valence-corrected chi connectivity index (χ3v) is 3.98. The van der Waals surface area contributed by atoms with E-state index in [2.05, 4.69) is 32.7 Å². The monoisotopic (exact) mass is 301 g/mol. The molecule has 3 N–H and O–H groups in total. The maximum Gasteiger partial charge on any atom is 0.321 e. The Bertz CT molecular complexity index is 463. The van der Waals surface area contributed by atoms with Crippen molar-refractivity contribution in [3.05, 3.63) is 12.7 Å². The van der Waals surface area contributed by atoms with E-state index < -0.39 is 11.3 Å². The van der Waals surface area contributed by atoms with Crippen LogP contribution in [0.5, 0.6) is 0 Å². The molecule has 0 aliphatic heterocycles. The molecule has 0 saturated heterocycles. The van der Waals surface area contributed by atoms with Crippen molar-refractivity contribution in [3.63, 3.8) is 0 Å². The maximum absolute atomic E-state index is 11.6. The first kappa shape index (κ1) is 15.4. The molecule has 1 aromatic heterocycles. The summed E-state index contributed by atoms with van der Waals surface area (Å²) in [6.07, 6.45) is 1.72. The van der Waals surface area contributed by atoms with Crippen molar-refractivity contribution < 1.29 is 9.59 Å². The van der Waals surface area contributed by atoms with E-state index in [4.69, 9.17) is 0 Å². The first-order valence-corrected chi connectivity index (χ1v) is 7.14. The van der Waals surface area contributed by atoms with Crippen LogP contribution in [0.1, 0.15) is 6.92 Å². The smallest absolute Gasteiger partial charge is 0.321 e. The summed E-state index contributed by atoms with van der Waals surface area (Å²) in [5, 5.41) is 15.6. The summed E-state index contributed by atoms with van der Waals surface area (Å²) in [5.41, 5.74) is 0. The number of hydrogen-bond acceptors (Lipinski definition) is 7. The zero-order valence-corrected chi connectivity index (χ0v) is 12.2. The van der Waals surface area contributed by atoms with Gasteiger partial charge in [-0.15, -0.1) is 16.8 Å². The van der Waals surface area contributed by atoms with Crippen LogP contribution in [0.15, 0.2) is 17.0 Å². The molecule has 0 bridgehead atoms. The van der Waals surface area contributed by atoms with Crippen LogP contribution in [0.4, 0.5) is 9.93 Å². The summed E-state index contributed by atoms with van der Waals surface area (Å²) in [5.74, 6) is -0.375. The minimum absolute atomic E-state index is 0.375. The minimum Gasteiger partial charge on any atom is -0.357 e. The van der Waals surface area contributed by atoms with Crippen LogP contribution < -0.4 is 16.0 Å². The first-order chi connectivity index (χ1) is 9.06. The summed E-state index contributed by atoms with van der Waals surface area (Å²) in [7, 11) is 1.45. The van der Waals surface area contributed by atoms with Crippen molar-refractivity contribution in [2.45, 2.75) is 16.5 Å². The van der Waals surface area contributed by atoms with Gasteiger partial charge in [0.25, 0.3) is 0 Å². The number of urea groups is 1. The molecular formula is C10H15N5O2S2. The van der Waals surface area contributed by atoms with Gasteiger partial charge in [-0.3, -0.25) is 10.1 Å². The summed E-state index contributed by atoms with van der Waals surface area (Å²) < 4.78 is 0.658. The Labute approximate surface area is 119 Å². The molecule has 1 atom stereocenters. The highest BCUT2D eigenvalue weighted by atomic mass is 32.2. The average Bonchev–Trinajstić information content (AvgIpc) is 2.83. The van der Waals surface area contributed by atoms with Crippen LogP contribution in [0, 0.1) is 0 Å². The fourth-order valence-electron chi connectivity index (χ4n) is 0.969. The number of nitrogens with zero attached hydrogens (tertiary/aromatic N) is 2. The Morgan fingerprint density at radius 3 is 2.89 bits per heavy atom. The van der Waals surface area contributed by atoms with E-state index >= 15 is 0 Å². The maximum atomic E-state index is 11.6. The van der Waals surface area contributed by atoms with Gasteiger partial charge >= 0.3 is 6.03 Å². The van der Waals surface area contributed by atoms with Crippen molar-refractivity contribution in [3.8, 4) is 0 Å². The number of hydrogen-bond donors (Lipinski definition) is 3. The molecular weight excluding hydrogens is 286 g/mol. The molecule has 0 aromatic carbocycles. The van der Waals surface area contributed by atoms with Gasteiger partial charge in [0.05, 0.1) is 5.25 Å². The molecule has 0 aliphatic carbocycles. The summed E-state index contributed by atoms with van der Waals surface area (Å²) >= 11 is 2.59. The van der Waals surface area contributed by atoms with Gasteiger partial charge in [0.2, 0.25) is 11.0 Å². The van der Waals surface area contributed by atoms with Gasteiger partial charge in [0, 0.05) is 13.6 Å². The van der Waals surface area contributed by atoms with E-state index in [1.54, 1.807) is 13.0 Å². The highest BCUT2D eigenvalue weighted by Gasteiger charge is 2.18. The molecule has 0 aliphatic rings. The number of thioether (sulfide) groups is 1. The van der Waals surface area contributed by atoms with Crippen LogP contribution in [0.3, 0.4) is 0 Å². The molecule has 1 rings (SSSR count). The van der Waals surface area contributed by atoms with Crippen LogP contribution in [-0.4, -0.2) is 41.0 Å². The number of imide groups is 1. The second-order valence-corrected chi connectivity index (χ2v) is 5.94. The zero-order valence-electron chi connectivity index (χ0n) is 10.6. The summed E-state index contributed by atoms with van der Waals surface area (Å²) in [6.45, 7) is 5.89. The van der Waals surface area contributed by atoms with Gasteiger partial charge in [0.15, 0.2) is 4.34 Å². The molecule has 0 spiro atoms. The van der Waals surface area contributed by atoms with Crippen molar-refractivity contribution in [1.82, 2.24) is 20.8 Å². The second kappa shape index (κ2) is 7.74.